The van der Waals surface area contributed by atoms with E-state index in [0.29, 0.717) is 0 Å². The van der Waals surface area contributed by atoms with E-state index in [-0.39, 0.29) is 0 Å². The van der Waals surface area contributed by atoms with Gasteiger partial charge in [0.25, 0.3) is 0 Å². The van der Waals surface area contributed by atoms with Crippen molar-refractivity contribution in [2.24, 2.45) is 5.92 Å². The standard InChI is InChI=1S/C10H17Cl/c11-9-5-4-8-10-6-2-1-3-7-10/h1-2,10H,3-9H2. The molecule has 1 heteroatoms. The molecule has 0 radical (unpaired) electrons. The molecule has 0 fully saturated rings. The third-order valence-corrected chi connectivity index (χ3v) is 2.64. The lowest BCUT2D eigenvalue weighted by atomic mass is 9.90. The molecule has 64 valence electrons. The Labute approximate surface area is 74.6 Å². The van der Waals surface area contributed by atoms with Crippen LogP contribution in [-0.4, -0.2) is 5.88 Å². The molecule has 0 spiro atoms. The van der Waals surface area contributed by atoms with E-state index in [0.717, 1.165) is 11.8 Å². The van der Waals surface area contributed by atoms with Crippen molar-refractivity contribution in [3.05, 3.63) is 12.2 Å². The predicted octanol–water partition coefficient (Wildman–Crippen LogP) is 3.75. The first kappa shape index (κ1) is 9.12. The van der Waals surface area contributed by atoms with Crippen LogP contribution in [0.15, 0.2) is 12.2 Å². The average molecular weight is 173 g/mol. The fourth-order valence-corrected chi connectivity index (χ4v) is 1.83. The fourth-order valence-electron chi connectivity index (χ4n) is 1.65. The molecule has 11 heavy (non-hydrogen) atoms. The van der Waals surface area contributed by atoms with Gasteiger partial charge in [0.15, 0.2) is 0 Å². The van der Waals surface area contributed by atoms with Gasteiger partial charge in [-0.15, -0.1) is 11.6 Å². The zero-order valence-corrected chi connectivity index (χ0v) is 7.82. The summed E-state index contributed by atoms with van der Waals surface area (Å²) >= 11 is 5.61. The third-order valence-electron chi connectivity index (χ3n) is 2.37. The topological polar surface area (TPSA) is 0 Å². The highest BCUT2D eigenvalue weighted by Gasteiger charge is 2.08. The summed E-state index contributed by atoms with van der Waals surface area (Å²) in [6.45, 7) is 0. The molecule has 1 rings (SSSR count). The van der Waals surface area contributed by atoms with E-state index in [1.165, 1.54) is 38.5 Å². The second-order valence-corrected chi connectivity index (χ2v) is 3.71. The van der Waals surface area contributed by atoms with Crippen molar-refractivity contribution >= 4 is 11.6 Å². The Morgan fingerprint density at radius 3 is 2.82 bits per heavy atom. The number of hydrogen-bond donors (Lipinski definition) is 0. The molecule has 0 amide bonds. The van der Waals surface area contributed by atoms with Crippen LogP contribution in [0.2, 0.25) is 0 Å². The van der Waals surface area contributed by atoms with Crippen LogP contribution >= 0.6 is 11.6 Å². The first-order valence-electron chi connectivity index (χ1n) is 4.64. The molecule has 1 aliphatic carbocycles. The van der Waals surface area contributed by atoms with E-state index in [2.05, 4.69) is 12.2 Å². The van der Waals surface area contributed by atoms with Gasteiger partial charge in [-0.05, 0) is 31.6 Å². The van der Waals surface area contributed by atoms with Gasteiger partial charge in [0.2, 0.25) is 0 Å². The molecule has 0 aromatic heterocycles. The van der Waals surface area contributed by atoms with Crippen LogP contribution in [0.25, 0.3) is 0 Å². The summed E-state index contributed by atoms with van der Waals surface area (Å²) in [7, 11) is 0. The summed E-state index contributed by atoms with van der Waals surface area (Å²) in [5.74, 6) is 1.80. The molecule has 0 bridgehead atoms. The van der Waals surface area contributed by atoms with E-state index in [9.17, 15) is 0 Å². The highest BCUT2D eigenvalue weighted by atomic mass is 35.5. The van der Waals surface area contributed by atoms with Crippen molar-refractivity contribution < 1.29 is 0 Å². The molecular weight excluding hydrogens is 156 g/mol. The molecule has 0 aromatic carbocycles. The number of unbranched alkanes of at least 4 members (excludes halogenated alkanes) is 1. The van der Waals surface area contributed by atoms with Crippen LogP contribution < -0.4 is 0 Å². The van der Waals surface area contributed by atoms with Crippen molar-refractivity contribution in [2.75, 3.05) is 5.88 Å². The van der Waals surface area contributed by atoms with Crippen LogP contribution in [0.1, 0.15) is 38.5 Å². The summed E-state index contributed by atoms with van der Waals surface area (Å²) in [5.41, 5.74) is 0. The lowest BCUT2D eigenvalue weighted by Gasteiger charge is -2.16. The normalized spacial score (nSPS) is 23.9. The van der Waals surface area contributed by atoms with Gasteiger partial charge in [0.1, 0.15) is 0 Å². The highest BCUT2D eigenvalue weighted by Crippen LogP contribution is 2.23. The number of halogens is 1. The quantitative estimate of drug-likeness (QED) is 0.344. The van der Waals surface area contributed by atoms with Crippen LogP contribution in [0.4, 0.5) is 0 Å². The van der Waals surface area contributed by atoms with E-state index in [4.69, 9.17) is 11.6 Å². The number of allylic oxidation sites excluding steroid dienone is 2. The minimum absolute atomic E-state index is 0.836. The second kappa shape index (κ2) is 5.65. The lowest BCUT2D eigenvalue weighted by Crippen LogP contribution is -2.02. The maximum Gasteiger partial charge on any atom is 0.0223 e. The van der Waals surface area contributed by atoms with E-state index in [1.807, 2.05) is 0 Å². The Bertz CT molecular complexity index is 118. The SMILES string of the molecule is ClCCCCC1CC=CCC1. The van der Waals surface area contributed by atoms with Crippen LogP contribution in [-0.2, 0) is 0 Å². The van der Waals surface area contributed by atoms with Crippen molar-refractivity contribution in [3.8, 4) is 0 Å². The minimum atomic E-state index is 0.836. The van der Waals surface area contributed by atoms with Crippen molar-refractivity contribution in [3.63, 3.8) is 0 Å². The van der Waals surface area contributed by atoms with Gasteiger partial charge in [-0.2, -0.15) is 0 Å². The molecule has 0 saturated carbocycles. The molecule has 0 aliphatic heterocycles. The summed E-state index contributed by atoms with van der Waals surface area (Å²) in [5, 5.41) is 0. The molecule has 1 unspecified atom stereocenters. The summed E-state index contributed by atoms with van der Waals surface area (Å²) in [6, 6.07) is 0. The number of hydrogen-bond acceptors (Lipinski definition) is 0. The van der Waals surface area contributed by atoms with Gasteiger partial charge < -0.3 is 0 Å². The van der Waals surface area contributed by atoms with E-state index in [1.54, 1.807) is 0 Å². The van der Waals surface area contributed by atoms with Gasteiger partial charge in [-0.25, -0.2) is 0 Å². The zero-order valence-electron chi connectivity index (χ0n) is 7.06. The molecular formula is C10H17Cl. The van der Waals surface area contributed by atoms with Gasteiger partial charge in [0.05, 0.1) is 0 Å². The molecule has 0 saturated heterocycles. The Morgan fingerprint density at radius 2 is 2.18 bits per heavy atom. The van der Waals surface area contributed by atoms with Crippen LogP contribution in [0, 0.1) is 5.92 Å². The van der Waals surface area contributed by atoms with Crippen molar-refractivity contribution in [1.29, 1.82) is 0 Å². The third kappa shape index (κ3) is 3.81. The average Bonchev–Trinajstić information content (AvgIpc) is 2.07. The van der Waals surface area contributed by atoms with E-state index >= 15 is 0 Å². The highest BCUT2D eigenvalue weighted by molar-refractivity contribution is 6.17. The maximum absolute atomic E-state index is 5.61. The van der Waals surface area contributed by atoms with Crippen LogP contribution in [0.5, 0.6) is 0 Å². The Kier molecular flexibility index (Phi) is 4.69. The van der Waals surface area contributed by atoms with Gasteiger partial charge in [-0.1, -0.05) is 25.0 Å². The first-order chi connectivity index (χ1) is 5.43. The zero-order chi connectivity index (χ0) is 7.94. The monoisotopic (exact) mass is 172 g/mol. The minimum Gasteiger partial charge on any atom is -0.127 e. The smallest absolute Gasteiger partial charge is 0.0223 e. The summed E-state index contributed by atoms with van der Waals surface area (Å²) < 4.78 is 0. The molecule has 1 atom stereocenters. The van der Waals surface area contributed by atoms with Crippen molar-refractivity contribution in [1.82, 2.24) is 0 Å². The van der Waals surface area contributed by atoms with Gasteiger partial charge in [0, 0.05) is 5.88 Å². The molecule has 0 N–H and O–H groups in total. The molecule has 0 nitrogen and oxygen atoms in total. The Morgan fingerprint density at radius 1 is 1.27 bits per heavy atom. The largest absolute Gasteiger partial charge is 0.127 e. The van der Waals surface area contributed by atoms with Crippen LogP contribution in [0.3, 0.4) is 0 Å². The number of alkyl halides is 1. The second-order valence-electron chi connectivity index (χ2n) is 3.34. The number of rotatable bonds is 4. The fraction of sp³-hybridized carbons (Fsp3) is 0.800. The Hall–Kier alpha value is 0.0300. The molecule has 1 aliphatic rings. The van der Waals surface area contributed by atoms with E-state index < -0.39 is 0 Å². The maximum atomic E-state index is 5.61. The lowest BCUT2D eigenvalue weighted by molar-refractivity contribution is 0.430. The van der Waals surface area contributed by atoms with Crippen molar-refractivity contribution in [2.45, 2.75) is 38.5 Å². The first-order valence-corrected chi connectivity index (χ1v) is 5.18. The summed E-state index contributed by atoms with van der Waals surface area (Å²) in [4.78, 5) is 0. The predicted molar refractivity (Wildman–Crippen MR) is 51.1 cm³/mol. The molecule has 0 heterocycles. The summed E-state index contributed by atoms with van der Waals surface area (Å²) in [6.07, 6.45) is 12.5. The Balaban J connectivity index is 2.02. The molecule has 0 aromatic rings. The van der Waals surface area contributed by atoms with Gasteiger partial charge >= 0.3 is 0 Å². The van der Waals surface area contributed by atoms with Gasteiger partial charge in [-0.3, -0.25) is 0 Å².